The summed E-state index contributed by atoms with van der Waals surface area (Å²) in [6, 6.07) is 12.1. The number of benzene rings is 1. The molecule has 2 amide bonds. The first-order valence-corrected chi connectivity index (χ1v) is 9.09. The standard InChI is InChI=1S/C19H22N2O4S/c1-13(22)20-15(14-7-4-3-5-8-14)11-18(23)21-16(12-19(24)25-2)17-9-6-10-26-17/h3-10,15-16H,11-12H2,1-2H3,(H,20,22)(H,21,23). The third kappa shape index (κ3) is 6.00. The molecule has 2 aromatic rings. The first-order valence-electron chi connectivity index (χ1n) is 8.21. The fourth-order valence-corrected chi connectivity index (χ4v) is 3.36. The van der Waals surface area contributed by atoms with Gasteiger partial charge in [0.1, 0.15) is 0 Å². The highest BCUT2D eigenvalue weighted by atomic mass is 32.1. The minimum atomic E-state index is -0.455. The number of ether oxygens (including phenoxy) is 1. The fourth-order valence-electron chi connectivity index (χ4n) is 2.58. The second-order valence-electron chi connectivity index (χ2n) is 5.78. The van der Waals surface area contributed by atoms with Crippen LogP contribution in [-0.2, 0) is 19.1 Å². The average Bonchev–Trinajstić information content (AvgIpc) is 3.15. The lowest BCUT2D eigenvalue weighted by molar-refractivity contribution is -0.141. The van der Waals surface area contributed by atoms with Crippen LogP contribution < -0.4 is 10.6 Å². The summed E-state index contributed by atoms with van der Waals surface area (Å²) in [5.41, 5.74) is 0.846. The molecule has 0 radical (unpaired) electrons. The number of hydrogen-bond acceptors (Lipinski definition) is 5. The monoisotopic (exact) mass is 374 g/mol. The summed E-state index contributed by atoms with van der Waals surface area (Å²) >= 11 is 1.46. The van der Waals surface area contributed by atoms with Gasteiger partial charge in [-0.1, -0.05) is 36.4 Å². The fraction of sp³-hybridized carbons (Fsp3) is 0.316. The van der Waals surface area contributed by atoms with Gasteiger partial charge in [0.05, 0.1) is 32.0 Å². The minimum Gasteiger partial charge on any atom is -0.469 e. The SMILES string of the molecule is COC(=O)CC(NC(=O)CC(NC(C)=O)c1ccccc1)c1cccs1. The molecule has 0 aliphatic heterocycles. The van der Waals surface area contributed by atoms with E-state index in [1.165, 1.54) is 25.4 Å². The van der Waals surface area contributed by atoms with Crippen LogP contribution in [0.25, 0.3) is 0 Å². The van der Waals surface area contributed by atoms with Crippen molar-refractivity contribution in [2.24, 2.45) is 0 Å². The summed E-state index contributed by atoms with van der Waals surface area (Å²) in [6.45, 7) is 1.42. The van der Waals surface area contributed by atoms with Crippen molar-refractivity contribution < 1.29 is 19.1 Å². The van der Waals surface area contributed by atoms with Gasteiger partial charge in [0, 0.05) is 11.8 Å². The van der Waals surface area contributed by atoms with Crippen LogP contribution >= 0.6 is 11.3 Å². The Bertz CT molecular complexity index is 731. The molecule has 0 saturated heterocycles. The topological polar surface area (TPSA) is 84.5 Å². The van der Waals surface area contributed by atoms with Crippen molar-refractivity contribution in [1.29, 1.82) is 0 Å². The molecule has 2 rings (SSSR count). The second-order valence-corrected chi connectivity index (χ2v) is 6.76. The van der Waals surface area contributed by atoms with E-state index in [2.05, 4.69) is 10.6 Å². The van der Waals surface area contributed by atoms with Crippen LogP contribution in [0.15, 0.2) is 47.8 Å². The Balaban J connectivity index is 2.09. The number of carbonyl (C=O) groups is 3. The number of amides is 2. The molecule has 138 valence electrons. The lowest BCUT2D eigenvalue weighted by atomic mass is 10.0. The smallest absolute Gasteiger partial charge is 0.307 e. The number of rotatable bonds is 8. The molecule has 7 heteroatoms. The summed E-state index contributed by atoms with van der Waals surface area (Å²) < 4.78 is 4.72. The van der Waals surface area contributed by atoms with E-state index in [1.54, 1.807) is 0 Å². The number of thiophene rings is 1. The van der Waals surface area contributed by atoms with Gasteiger partial charge in [-0.15, -0.1) is 11.3 Å². The van der Waals surface area contributed by atoms with E-state index in [9.17, 15) is 14.4 Å². The molecule has 0 spiro atoms. The van der Waals surface area contributed by atoms with Crippen LogP contribution in [0, 0.1) is 0 Å². The Morgan fingerprint density at radius 3 is 2.31 bits per heavy atom. The van der Waals surface area contributed by atoms with Crippen molar-refractivity contribution in [1.82, 2.24) is 10.6 Å². The predicted molar refractivity (Wildman–Crippen MR) is 99.5 cm³/mol. The highest BCUT2D eigenvalue weighted by molar-refractivity contribution is 7.10. The second kappa shape index (κ2) is 9.72. The van der Waals surface area contributed by atoms with E-state index in [0.29, 0.717) is 0 Å². The van der Waals surface area contributed by atoms with E-state index in [1.807, 2.05) is 47.8 Å². The van der Waals surface area contributed by atoms with Gasteiger partial charge in [-0.3, -0.25) is 14.4 Å². The maximum atomic E-state index is 12.6. The number of methoxy groups -OCH3 is 1. The molecule has 0 saturated carbocycles. The molecule has 26 heavy (non-hydrogen) atoms. The summed E-state index contributed by atoms with van der Waals surface area (Å²) in [6.07, 6.45) is 0.130. The molecular weight excluding hydrogens is 352 g/mol. The third-order valence-corrected chi connectivity index (χ3v) is 4.78. The van der Waals surface area contributed by atoms with Crippen molar-refractivity contribution in [3.05, 3.63) is 58.3 Å². The molecule has 0 fully saturated rings. The molecular formula is C19H22N2O4S. The molecule has 1 aromatic heterocycles. The maximum absolute atomic E-state index is 12.6. The van der Waals surface area contributed by atoms with Gasteiger partial charge in [-0.25, -0.2) is 0 Å². The van der Waals surface area contributed by atoms with Gasteiger partial charge in [-0.2, -0.15) is 0 Å². The molecule has 2 unspecified atom stereocenters. The summed E-state index contributed by atoms with van der Waals surface area (Å²) in [4.78, 5) is 36.6. The van der Waals surface area contributed by atoms with Gasteiger partial charge in [0.15, 0.2) is 0 Å². The molecule has 1 aromatic carbocycles. The van der Waals surface area contributed by atoms with E-state index < -0.39 is 18.1 Å². The highest BCUT2D eigenvalue weighted by Crippen LogP contribution is 2.24. The number of esters is 1. The lowest BCUT2D eigenvalue weighted by Gasteiger charge is -2.21. The Morgan fingerprint density at radius 1 is 1.00 bits per heavy atom. The van der Waals surface area contributed by atoms with Crippen molar-refractivity contribution in [2.75, 3.05) is 7.11 Å². The number of carbonyl (C=O) groups excluding carboxylic acids is 3. The van der Waals surface area contributed by atoms with Gasteiger partial charge >= 0.3 is 5.97 Å². The summed E-state index contributed by atoms with van der Waals surface area (Å²) in [5.74, 6) is -0.865. The Kier molecular flexibility index (Phi) is 7.35. The van der Waals surface area contributed by atoms with E-state index in [4.69, 9.17) is 4.74 Å². The van der Waals surface area contributed by atoms with Crippen molar-refractivity contribution in [3.8, 4) is 0 Å². The number of nitrogens with one attached hydrogen (secondary N) is 2. The maximum Gasteiger partial charge on any atom is 0.307 e. The van der Waals surface area contributed by atoms with Crippen LogP contribution in [-0.4, -0.2) is 24.9 Å². The predicted octanol–water partition coefficient (Wildman–Crippen LogP) is 2.74. The van der Waals surface area contributed by atoms with E-state index in [-0.39, 0.29) is 24.7 Å². The van der Waals surface area contributed by atoms with Gasteiger partial charge in [0.2, 0.25) is 11.8 Å². The highest BCUT2D eigenvalue weighted by Gasteiger charge is 2.23. The Hall–Kier alpha value is -2.67. The normalized spacial score (nSPS) is 12.7. The molecule has 0 aliphatic rings. The van der Waals surface area contributed by atoms with Crippen molar-refractivity contribution in [2.45, 2.75) is 31.8 Å². The molecule has 1 heterocycles. The quantitative estimate of drug-likeness (QED) is 0.696. The first-order chi connectivity index (χ1) is 12.5. The van der Waals surface area contributed by atoms with Crippen LogP contribution in [0.4, 0.5) is 0 Å². The van der Waals surface area contributed by atoms with Crippen LogP contribution in [0.2, 0.25) is 0 Å². The van der Waals surface area contributed by atoms with Crippen molar-refractivity contribution in [3.63, 3.8) is 0 Å². The zero-order chi connectivity index (χ0) is 18.9. The summed E-state index contributed by atoms with van der Waals surface area (Å²) in [7, 11) is 1.32. The largest absolute Gasteiger partial charge is 0.469 e. The van der Waals surface area contributed by atoms with Crippen LogP contribution in [0.3, 0.4) is 0 Å². The van der Waals surface area contributed by atoms with Crippen LogP contribution in [0.1, 0.15) is 42.3 Å². The summed E-state index contributed by atoms with van der Waals surface area (Å²) in [5, 5.41) is 7.56. The van der Waals surface area contributed by atoms with Crippen LogP contribution in [0.5, 0.6) is 0 Å². The van der Waals surface area contributed by atoms with E-state index in [0.717, 1.165) is 10.4 Å². The molecule has 0 bridgehead atoms. The molecule has 2 N–H and O–H groups in total. The zero-order valence-corrected chi connectivity index (χ0v) is 15.5. The molecule has 6 nitrogen and oxygen atoms in total. The van der Waals surface area contributed by atoms with Gasteiger partial charge in [-0.05, 0) is 17.0 Å². The van der Waals surface area contributed by atoms with E-state index >= 15 is 0 Å². The van der Waals surface area contributed by atoms with Gasteiger partial charge in [0.25, 0.3) is 0 Å². The van der Waals surface area contributed by atoms with Crippen molar-refractivity contribution >= 4 is 29.1 Å². The molecule has 2 atom stereocenters. The average molecular weight is 374 g/mol. The Morgan fingerprint density at radius 2 is 1.73 bits per heavy atom. The minimum absolute atomic E-state index is 0.0545. The zero-order valence-electron chi connectivity index (χ0n) is 14.7. The molecule has 0 aliphatic carbocycles. The number of hydrogen-bond donors (Lipinski definition) is 2. The third-order valence-electron chi connectivity index (χ3n) is 3.79. The Labute approximate surface area is 156 Å². The first kappa shape index (κ1) is 19.7. The lowest BCUT2D eigenvalue weighted by Crippen LogP contribution is -2.35. The van der Waals surface area contributed by atoms with Gasteiger partial charge < -0.3 is 15.4 Å².